The minimum Gasteiger partial charge on any atom is -0.494 e. The number of nitrogens with one attached hydrogen (secondary N) is 1. The van der Waals surface area contributed by atoms with Crippen molar-refractivity contribution in [2.24, 2.45) is 0 Å². The molecule has 0 spiro atoms. The quantitative estimate of drug-likeness (QED) is 0.563. The summed E-state index contributed by atoms with van der Waals surface area (Å²) in [6.07, 6.45) is 0.180. The second-order valence-corrected chi connectivity index (χ2v) is 11.5. The molecule has 1 heterocycles. The fraction of sp³-hybridized carbons (Fsp3) is 0.500. The molecule has 1 atom stereocenters. The highest BCUT2D eigenvalue weighted by Crippen LogP contribution is 2.50. The van der Waals surface area contributed by atoms with Gasteiger partial charge in [-0.15, -0.1) is 0 Å². The van der Waals surface area contributed by atoms with Crippen LogP contribution in [0.1, 0.15) is 49.8 Å². The van der Waals surface area contributed by atoms with Crippen molar-refractivity contribution < 1.29 is 35.8 Å². The Labute approximate surface area is 197 Å². The zero-order valence-corrected chi connectivity index (χ0v) is 20.3. The first kappa shape index (κ1) is 24.8. The molecule has 4 rings (SSSR count). The van der Waals surface area contributed by atoms with Gasteiger partial charge in [-0.25, -0.2) is 21.6 Å². The Hall–Kier alpha value is -2.30. The minimum atomic E-state index is -4.07. The first-order chi connectivity index (χ1) is 15.9. The van der Waals surface area contributed by atoms with E-state index in [-0.39, 0.29) is 42.0 Å². The number of aryl methyl sites for hydroxylation is 1. The lowest BCUT2D eigenvalue weighted by Crippen LogP contribution is -2.35. The molecular formula is C24H28F3NO5S. The molecule has 1 aliphatic heterocycles. The van der Waals surface area contributed by atoms with Gasteiger partial charge in [-0.05, 0) is 57.2 Å². The molecule has 0 radical (unpaired) electrons. The van der Waals surface area contributed by atoms with Crippen LogP contribution in [0.5, 0.6) is 5.75 Å². The van der Waals surface area contributed by atoms with Crippen LogP contribution in [0.2, 0.25) is 0 Å². The molecule has 0 bridgehead atoms. The second kappa shape index (κ2) is 8.73. The molecule has 6 nitrogen and oxygen atoms in total. The van der Waals surface area contributed by atoms with E-state index in [4.69, 9.17) is 14.2 Å². The van der Waals surface area contributed by atoms with Gasteiger partial charge >= 0.3 is 0 Å². The largest absolute Gasteiger partial charge is 0.494 e. The molecule has 2 aliphatic rings. The van der Waals surface area contributed by atoms with Crippen molar-refractivity contribution in [3.05, 3.63) is 58.4 Å². The van der Waals surface area contributed by atoms with E-state index in [1.54, 1.807) is 26.8 Å². The maximum Gasteiger partial charge on any atom is 0.238 e. The number of ether oxygens (including phenoxy) is 3. The highest BCUT2D eigenvalue weighted by molar-refractivity contribution is 7.94. The lowest BCUT2D eigenvalue weighted by Gasteiger charge is -2.24. The van der Waals surface area contributed by atoms with Gasteiger partial charge in [-0.1, -0.05) is 12.1 Å². The van der Waals surface area contributed by atoms with E-state index in [0.29, 0.717) is 18.4 Å². The topological polar surface area (TPSA) is 73.9 Å². The Bertz CT molecular complexity index is 1210. The van der Waals surface area contributed by atoms with E-state index >= 15 is 0 Å². The molecule has 1 aliphatic carbocycles. The van der Waals surface area contributed by atoms with Crippen LogP contribution >= 0.6 is 0 Å². The van der Waals surface area contributed by atoms with Crippen molar-refractivity contribution in [2.45, 2.75) is 63.1 Å². The van der Waals surface area contributed by atoms with Gasteiger partial charge < -0.3 is 14.2 Å². The standard InChI is InChI=1S/C24H28F3NO5S/c1-14-5-6-15(18(25)9-14)10-17-21(27)19(26)11-20(31-4)22(17)28-34(29,30)24(7-8-24)12-16-13-32-23(2,3)33-16/h5-6,9,11,16,28H,7-8,10,12-13H2,1-4H3/t16-/m1/s1. The van der Waals surface area contributed by atoms with E-state index in [0.717, 1.165) is 6.07 Å². The maximum atomic E-state index is 15.0. The monoisotopic (exact) mass is 499 g/mol. The van der Waals surface area contributed by atoms with Crippen LogP contribution in [0.3, 0.4) is 0 Å². The molecule has 10 heteroatoms. The molecule has 2 fully saturated rings. The molecule has 2 aromatic rings. The van der Waals surface area contributed by atoms with Crippen LogP contribution in [0.15, 0.2) is 24.3 Å². The van der Waals surface area contributed by atoms with E-state index in [1.807, 2.05) is 0 Å². The predicted molar refractivity (Wildman–Crippen MR) is 121 cm³/mol. The summed E-state index contributed by atoms with van der Waals surface area (Å²) >= 11 is 0. The van der Waals surface area contributed by atoms with E-state index < -0.39 is 44.1 Å². The van der Waals surface area contributed by atoms with E-state index in [2.05, 4.69) is 4.72 Å². The third-order valence-electron chi connectivity index (χ3n) is 6.36. The van der Waals surface area contributed by atoms with Gasteiger partial charge in [0.15, 0.2) is 17.4 Å². The summed E-state index contributed by atoms with van der Waals surface area (Å²) < 4.78 is 88.5. The molecule has 1 saturated heterocycles. The van der Waals surface area contributed by atoms with Gasteiger partial charge in [-0.3, -0.25) is 4.72 Å². The van der Waals surface area contributed by atoms with Gasteiger partial charge in [0.1, 0.15) is 11.6 Å². The lowest BCUT2D eigenvalue weighted by atomic mass is 10.0. The Balaban J connectivity index is 1.68. The number of hydrogen-bond donors (Lipinski definition) is 1. The summed E-state index contributed by atoms with van der Waals surface area (Å²) in [6, 6.07) is 5.15. The number of sulfonamides is 1. The molecule has 2 aromatic carbocycles. The van der Waals surface area contributed by atoms with Crippen LogP contribution in [-0.4, -0.2) is 38.8 Å². The van der Waals surface area contributed by atoms with Gasteiger partial charge in [0.2, 0.25) is 10.0 Å². The fourth-order valence-corrected chi connectivity index (χ4v) is 6.08. The number of rotatable bonds is 8. The summed E-state index contributed by atoms with van der Waals surface area (Å²) in [7, 11) is -2.85. The van der Waals surface area contributed by atoms with Crippen molar-refractivity contribution >= 4 is 15.7 Å². The second-order valence-electron chi connectivity index (χ2n) is 9.44. The highest BCUT2D eigenvalue weighted by atomic mass is 32.2. The van der Waals surface area contributed by atoms with Gasteiger partial charge in [0.25, 0.3) is 0 Å². The lowest BCUT2D eigenvalue weighted by molar-refractivity contribution is -0.139. The molecule has 186 valence electrons. The molecule has 34 heavy (non-hydrogen) atoms. The number of methoxy groups -OCH3 is 1. The van der Waals surface area contributed by atoms with Crippen molar-refractivity contribution in [1.82, 2.24) is 0 Å². The van der Waals surface area contributed by atoms with Gasteiger partial charge in [0.05, 0.1) is 30.3 Å². The van der Waals surface area contributed by atoms with Crippen LogP contribution in [-0.2, 0) is 25.9 Å². The molecule has 0 amide bonds. The van der Waals surface area contributed by atoms with Crippen molar-refractivity contribution in [3.63, 3.8) is 0 Å². The van der Waals surface area contributed by atoms with Crippen LogP contribution in [0.4, 0.5) is 18.9 Å². The maximum absolute atomic E-state index is 15.0. The summed E-state index contributed by atoms with van der Waals surface area (Å²) in [5.74, 6) is -4.08. The first-order valence-electron chi connectivity index (χ1n) is 11.0. The number of anilines is 1. The normalized spacial score (nSPS) is 20.9. The number of benzene rings is 2. The Morgan fingerprint density at radius 3 is 2.41 bits per heavy atom. The summed E-state index contributed by atoms with van der Waals surface area (Å²) in [6.45, 7) is 5.47. The van der Waals surface area contributed by atoms with Crippen molar-refractivity contribution in [3.8, 4) is 5.75 Å². The molecular weight excluding hydrogens is 471 g/mol. The fourth-order valence-electron chi connectivity index (χ4n) is 4.32. The van der Waals surface area contributed by atoms with E-state index in [9.17, 15) is 21.6 Å². The van der Waals surface area contributed by atoms with Crippen molar-refractivity contribution in [1.29, 1.82) is 0 Å². The van der Waals surface area contributed by atoms with Crippen molar-refractivity contribution in [2.75, 3.05) is 18.4 Å². The summed E-state index contributed by atoms with van der Waals surface area (Å²) in [5, 5.41) is 0. The molecule has 1 saturated carbocycles. The Morgan fingerprint density at radius 1 is 1.15 bits per heavy atom. The van der Waals surface area contributed by atoms with Crippen LogP contribution in [0.25, 0.3) is 0 Å². The van der Waals surface area contributed by atoms with Crippen LogP contribution in [0, 0.1) is 24.4 Å². The summed E-state index contributed by atoms with van der Waals surface area (Å²) in [4.78, 5) is 0. The van der Waals surface area contributed by atoms with Crippen LogP contribution < -0.4 is 9.46 Å². The molecule has 1 N–H and O–H groups in total. The molecule has 0 unspecified atom stereocenters. The van der Waals surface area contributed by atoms with Gasteiger partial charge in [-0.2, -0.15) is 0 Å². The third kappa shape index (κ3) is 4.76. The average Bonchev–Trinajstić information content (AvgIpc) is 3.46. The third-order valence-corrected chi connectivity index (χ3v) is 8.55. The zero-order chi connectivity index (χ0) is 24.9. The first-order valence-corrected chi connectivity index (χ1v) is 12.5. The summed E-state index contributed by atoms with van der Waals surface area (Å²) in [5.41, 5.74) is 0.186. The Kier molecular flexibility index (Phi) is 6.37. The van der Waals surface area contributed by atoms with Gasteiger partial charge in [0, 0.05) is 18.1 Å². The SMILES string of the molecule is COc1cc(F)c(F)c(Cc2ccc(C)cc2F)c1NS(=O)(=O)C1(C[C@@H]2COC(C)(C)O2)CC1. The predicted octanol–water partition coefficient (Wildman–Crippen LogP) is 4.83. The number of hydrogen-bond acceptors (Lipinski definition) is 5. The average molecular weight is 500 g/mol. The minimum absolute atomic E-state index is 0.0949. The zero-order valence-electron chi connectivity index (χ0n) is 19.5. The molecule has 0 aromatic heterocycles. The Morgan fingerprint density at radius 2 is 1.85 bits per heavy atom. The highest BCUT2D eigenvalue weighted by Gasteiger charge is 2.57. The number of halogens is 3. The van der Waals surface area contributed by atoms with E-state index in [1.165, 1.54) is 19.2 Å². The smallest absolute Gasteiger partial charge is 0.238 e.